The Morgan fingerprint density at radius 2 is 2.14 bits per heavy atom. The third kappa shape index (κ3) is 5.69. The van der Waals surface area contributed by atoms with Crippen LogP contribution in [0.5, 0.6) is 0 Å². The Hall–Kier alpha value is -0.313. The molecule has 2 nitrogen and oxygen atoms in total. The van der Waals surface area contributed by atoms with Gasteiger partial charge in [-0.25, -0.2) is 0 Å². The molecule has 0 aliphatic rings. The van der Waals surface area contributed by atoms with Crippen molar-refractivity contribution in [3.8, 4) is 0 Å². The molecule has 0 aliphatic heterocycles. The highest BCUT2D eigenvalue weighted by Crippen LogP contribution is 1.72. The van der Waals surface area contributed by atoms with Gasteiger partial charge in [-0.05, 0) is 13.8 Å². The molecule has 0 aromatic rings. The molecular weight excluding hydrogens is 106 g/mol. The van der Waals surface area contributed by atoms with Gasteiger partial charge in [-0.1, -0.05) is 0 Å². The lowest BCUT2D eigenvalue weighted by atomic mass is 10.4. The van der Waals surface area contributed by atoms with E-state index in [1.54, 1.807) is 0 Å². The number of amides is 1. The summed E-state index contributed by atoms with van der Waals surface area (Å²) in [4.78, 5) is 10.2. The molecule has 0 aliphatic carbocycles. The fourth-order valence-electron chi connectivity index (χ4n) is 0.407. The van der Waals surface area contributed by atoms with Crippen molar-refractivity contribution in [3.05, 3.63) is 0 Å². The summed E-state index contributed by atoms with van der Waals surface area (Å²) in [5.41, 5.74) is 0.176. The third-order valence-corrected chi connectivity index (χ3v) is 0.781. The quantitative estimate of drug-likeness (QED) is 0.460. The first-order valence-electron chi connectivity index (χ1n) is 2.40. The van der Waals surface area contributed by atoms with Crippen molar-refractivity contribution in [2.45, 2.75) is 19.9 Å². The zero-order valence-electron chi connectivity index (χ0n) is 4.99. The Morgan fingerprint density at radius 3 is 2.14 bits per heavy atom. The molecule has 7 heavy (non-hydrogen) atoms. The third-order valence-electron chi connectivity index (χ3n) is 0.492. The predicted molar refractivity (Wildman–Crippen MR) is 33.6 cm³/mol. The minimum Gasteiger partial charge on any atom is -0.359 e. The molecule has 0 atom stereocenters. The van der Waals surface area contributed by atoms with Crippen LogP contribution in [-0.4, -0.2) is 21.8 Å². The number of carbonyl (C=O) groups is 1. The molecule has 1 amide bonds. The number of nitrogens with one attached hydrogen (secondary N) is 1. The summed E-state index contributed by atoms with van der Waals surface area (Å²) < 4.78 is 0. The van der Waals surface area contributed by atoms with Gasteiger partial charge in [0.25, 0.3) is 0 Å². The molecule has 0 rings (SSSR count). The normalized spacial score (nSPS) is 9.57. The van der Waals surface area contributed by atoms with Crippen molar-refractivity contribution in [1.82, 2.24) is 5.32 Å². The van der Waals surface area contributed by atoms with Crippen molar-refractivity contribution >= 4 is 15.8 Å². The standard InChI is InChI=1S/C4H11NOSi/c1-3(2)5-4(6)7/h3H,1-2,7H3,(H,5,6). The van der Waals surface area contributed by atoms with Crippen molar-refractivity contribution in [3.63, 3.8) is 0 Å². The van der Waals surface area contributed by atoms with Gasteiger partial charge in [-0.2, -0.15) is 0 Å². The van der Waals surface area contributed by atoms with Gasteiger partial charge in [0.15, 0.2) is 5.53 Å². The van der Waals surface area contributed by atoms with Crippen LogP contribution in [0.3, 0.4) is 0 Å². The Morgan fingerprint density at radius 1 is 1.71 bits per heavy atom. The lowest BCUT2D eigenvalue weighted by Crippen LogP contribution is -2.28. The number of hydrogen-bond donors (Lipinski definition) is 1. The summed E-state index contributed by atoms with van der Waals surface area (Å²) in [5.74, 6) is 0. The van der Waals surface area contributed by atoms with Gasteiger partial charge >= 0.3 is 0 Å². The fraction of sp³-hybridized carbons (Fsp3) is 0.750. The number of carbonyl (C=O) groups excluding carboxylic acids is 1. The van der Waals surface area contributed by atoms with Gasteiger partial charge < -0.3 is 5.32 Å². The molecule has 0 radical (unpaired) electrons. The van der Waals surface area contributed by atoms with Crippen LogP contribution in [0.15, 0.2) is 0 Å². The maximum Gasteiger partial charge on any atom is 0.181 e. The molecule has 0 saturated carbocycles. The molecule has 0 aromatic heterocycles. The SMILES string of the molecule is CC(C)NC(=O)[SiH3]. The maximum absolute atomic E-state index is 10.2. The summed E-state index contributed by atoms with van der Waals surface area (Å²) in [5, 5.41) is 2.73. The second kappa shape index (κ2) is 2.79. The minimum atomic E-state index is 0.176. The van der Waals surface area contributed by atoms with Crippen LogP contribution in [0.25, 0.3) is 0 Å². The van der Waals surface area contributed by atoms with Gasteiger partial charge in [0.2, 0.25) is 0 Å². The zero-order valence-corrected chi connectivity index (χ0v) is 6.99. The van der Waals surface area contributed by atoms with E-state index in [1.165, 1.54) is 0 Å². The van der Waals surface area contributed by atoms with Crippen molar-refractivity contribution in [2.24, 2.45) is 0 Å². The molecule has 0 unspecified atom stereocenters. The highest BCUT2D eigenvalue weighted by atomic mass is 28.1. The summed E-state index contributed by atoms with van der Waals surface area (Å²) in [6.07, 6.45) is 0. The van der Waals surface area contributed by atoms with Crippen LogP contribution in [0.1, 0.15) is 13.8 Å². The highest BCUT2D eigenvalue weighted by molar-refractivity contribution is 6.57. The van der Waals surface area contributed by atoms with Crippen LogP contribution in [0, 0.1) is 0 Å². The van der Waals surface area contributed by atoms with Gasteiger partial charge in [0, 0.05) is 6.04 Å². The first kappa shape index (κ1) is 6.69. The van der Waals surface area contributed by atoms with Gasteiger partial charge in [-0.15, -0.1) is 0 Å². The molecule has 0 fully saturated rings. The van der Waals surface area contributed by atoms with Crippen LogP contribution >= 0.6 is 0 Å². The van der Waals surface area contributed by atoms with Crippen LogP contribution in [0.2, 0.25) is 0 Å². The van der Waals surface area contributed by atoms with Crippen molar-refractivity contribution < 1.29 is 4.79 Å². The van der Waals surface area contributed by atoms with E-state index < -0.39 is 0 Å². The Kier molecular flexibility index (Phi) is 2.67. The summed E-state index contributed by atoms with van der Waals surface area (Å²) >= 11 is 0. The predicted octanol–water partition coefficient (Wildman–Crippen LogP) is -0.530. The van der Waals surface area contributed by atoms with Gasteiger partial charge in [0.05, 0.1) is 0 Å². The van der Waals surface area contributed by atoms with E-state index in [0.29, 0.717) is 16.3 Å². The smallest absolute Gasteiger partial charge is 0.181 e. The molecule has 0 saturated heterocycles. The van der Waals surface area contributed by atoms with E-state index in [2.05, 4.69) is 5.32 Å². The largest absolute Gasteiger partial charge is 0.359 e. The number of hydrogen-bond acceptors (Lipinski definition) is 1. The lowest BCUT2D eigenvalue weighted by molar-refractivity contribution is 0.257. The Labute approximate surface area is 46.7 Å². The molecule has 0 heterocycles. The van der Waals surface area contributed by atoms with E-state index in [9.17, 15) is 4.79 Å². The molecule has 0 bridgehead atoms. The van der Waals surface area contributed by atoms with E-state index >= 15 is 0 Å². The van der Waals surface area contributed by atoms with E-state index in [1.807, 2.05) is 13.8 Å². The molecule has 1 N–H and O–H groups in total. The minimum absolute atomic E-state index is 0.176. The first-order chi connectivity index (χ1) is 3.13. The zero-order chi connectivity index (χ0) is 5.86. The second-order valence-corrected chi connectivity index (χ2v) is 2.76. The van der Waals surface area contributed by atoms with Crippen molar-refractivity contribution in [2.75, 3.05) is 0 Å². The maximum atomic E-state index is 10.2. The fourth-order valence-corrected chi connectivity index (χ4v) is 0.984. The average Bonchev–Trinajstić information content (AvgIpc) is 1.27. The monoisotopic (exact) mass is 117 g/mol. The summed E-state index contributed by atoms with van der Waals surface area (Å²) in [6, 6.07) is 0.310. The molecule has 42 valence electrons. The Bertz CT molecular complexity index is 72.1. The lowest BCUT2D eigenvalue weighted by Gasteiger charge is -2.02. The van der Waals surface area contributed by atoms with Crippen LogP contribution in [-0.2, 0) is 0 Å². The summed E-state index contributed by atoms with van der Waals surface area (Å²) in [6.45, 7) is 3.91. The molecule has 3 heteroatoms. The average molecular weight is 117 g/mol. The van der Waals surface area contributed by atoms with E-state index in [0.717, 1.165) is 0 Å². The van der Waals surface area contributed by atoms with Gasteiger partial charge in [-0.3, -0.25) is 4.79 Å². The van der Waals surface area contributed by atoms with E-state index in [-0.39, 0.29) is 5.53 Å². The second-order valence-electron chi connectivity index (χ2n) is 1.86. The van der Waals surface area contributed by atoms with E-state index in [4.69, 9.17) is 0 Å². The number of rotatable bonds is 1. The van der Waals surface area contributed by atoms with Crippen LogP contribution < -0.4 is 5.32 Å². The Balaban J connectivity index is 3.13. The first-order valence-corrected chi connectivity index (χ1v) is 3.40. The topological polar surface area (TPSA) is 29.1 Å². The highest BCUT2D eigenvalue weighted by Gasteiger charge is 1.90. The van der Waals surface area contributed by atoms with Gasteiger partial charge in [0.1, 0.15) is 10.2 Å². The molecular formula is C4H11NOSi. The molecule has 0 spiro atoms. The van der Waals surface area contributed by atoms with Crippen molar-refractivity contribution in [1.29, 1.82) is 0 Å². The summed E-state index contributed by atoms with van der Waals surface area (Å²) in [7, 11) is 0.617. The van der Waals surface area contributed by atoms with Crippen LogP contribution in [0.4, 0.5) is 4.79 Å². The molecule has 0 aromatic carbocycles.